The summed E-state index contributed by atoms with van der Waals surface area (Å²) in [6.07, 6.45) is -0.727. The number of alkyl carbamates (subject to hydrolysis) is 1. The normalized spacial score (nSPS) is 13.6. The van der Waals surface area contributed by atoms with Crippen LogP contribution in [0.2, 0.25) is 0 Å². The average Bonchev–Trinajstić information content (AvgIpc) is 2.63. The summed E-state index contributed by atoms with van der Waals surface area (Å²) in [5.41, 5.74) is 3.39. The van der Waals surface area contributed by atoms with Gasteiger partial charge in [-0.25, -0.2) is 9.59 Å². The van der Waals surface area contributed by atoms with E-state index in [1.54, 1.807) is 53.7 Å². The zero-order valence-corrected chi connectivity index (χ0v) is 19.5. The molecule has 178 valence electrons. The number of ketones is 1. The summed E-state index contributed by atoms with van der Waals surface area (Å²) < 4.78 is 10.5. The number of nitro benzene ring substituents is 1. The summed E-state index contributed by atoms with van der Waals surface area (Å²) in [6.45, 7) is 10.1. The van der Waals surface area contributed by atoms with E-state index in [0.29, 0.717) is 5.56 Å². The fourth-order valence-electron chi connectivity index (χ4n) is 2.67. The lowest BCUT2D eigenvalue weighted by Gasteiger charge is -2.30. The molecule has 1 aromatic carbocycles. The first-order valence-corrected chi connectivity index (χ1v) is 10.3. The van der Waals surface area contributed by atoms with Gasteiger partial charge in [-0.05, 0) is 59.9 Å². The van der Waals surface area contributed by atoms with Gasteiger partial charge in [-0.1, -0.05) is 12.1 Å². The Hall–Kier alpha value is -3.01. The third-order valence-electron chi connectivity index (χ3n) is 4.24. The maximum absolute atomic E-state index is 12.9. The van der Waals surface area contributed by atoms with E-state index in [9.17, 15) is 24.5 Å². The number of Topliss-reactive ketones (excluding diaryl/α,β-unsaturated/α-hetero) is 1. The van der Waals surface area contributed by atoms with Gasteiger partial charge in [0.25, 0.3) is 5.69 Å². The monoisotopic (exact) mass is 451 g/mol. The van der Waals surface area contributed by atoms with Gasteiger partial charge in [0.1, 0.15) is 11.2 Å². The van der Waals surface area contributed by atoms with Crippen molar-refractivity contribution in [1.29, 1.82) is 0 Å². The molecule has 1 amide bonds. The van der Waals surface area contributed by atoms with Crippen molar-refractivity contribution in [2.75, 3.05) is 6.54 Å². The minimum Gasteiger partial charge on any atom is -0.458 e. The van der Waals surface area contributed by atoms with Crippen LogP contribution in [0.15, 0.2) is 24.3 Å². The van der Waals surface area contributed by atoms with Crippen molar-refractivity contribution in [2.24, 2.45) is 5.73 Å². The lowest BCUT2D eigenvalue weighted by atomic mass is 9.86. The lowest BCUT2D eigenvalue weighted by molar-refractivity contribution is -0.384. The van der Waals surface area contributed by atoms with E-state index in [-0.39, 0.29) is 31.5 Å². The number of nitrogens with zero attached hydrogens (tertiary/aromatic N) is 1. The first-order valence-electron chi connectivity index (χ1n) is 10.3. The van der Waals surface area contributed by atoms with E-state index < -0.39 is 39.5 Å². The largest absolute Gasteiger partial charge is 0.458 e. The number of hydrogen-bond acceptors (Lipinski definition) is 8. The van der Waals surface area contributed by atoms with Crippen molar-refractivity contribution in [1.82, 2.24) is 5.32 Å². The second-order valence-electron chi connectivity index (χ2n) is 9.50. The number of carbonyl (C=O) groups excluding carboxylic acids is 3. The van der Waals surface area contributed by atoms with Gasteiger partial charge in [0, 0.05) is 25.1 Å². The Morgan fingerprint density at radius 2 is 1.53 bits per heavy atom. The topological polar surface area (TPSA) is 151 Å². The summed E-state index contributed by atoms with van der Waals surface area (Å²) in [5, 5.41) is 13.3. The average molecular weight is 452 g/mol. The third-order valence-corrected chi connectivity index (χ3v) is 4.24. The van der Waals surface area contributed by atoms with E-state index in [2.05, 4.69) is 5.32 Å². The molecule has 0 bridgehead atoms. The quantitative estimate of drug-likeness (QED) is 0.252. The number of amides is 1. The molecule has 32 heavy (non-hydrogen) atoms. The predicted molar refractivity (Wildman–Crippen MR) is 118 cm³/mol. The highest BCUT2D eigenvalue weighted by molar-refractivity contribution is 6.08. The number of non-ortho nitro benzene ring substituents is 1. The SMILES string of the molecule is CC(C)(C)OC(=O)NCCC(=O)C(N)(CCc1ccc([N+](=O)[O-])cc1)C(=O)OC(C)(C)C. The highest BCUT2D eigenvalue weighted by Crippen LogP contribution is 2.22. The number of rotatable bonds is 9. The number of nitro groups is 1. The van der Waals surface area contributed by atoms with Crippen molar-refractivity contribution in [3.8, 4) is 0 Å². The van der Waals surface area contributed by atoms with Crippen LogP contribution in [0.3, 0.4) is 0 Å². The Morgan fingerprint density at radius 3 is 2.00 bits per heavy atom. The van der Waals surface area contributed by atoms with Gasteiger partial charge in [-0.3, -0.25) is 14.9 Å². The minimum atomic E-state index is -1.94. The maximum atomic E-state index is 12.9. The first kappa shape index (κ1) is 27.0. The van der Waals surface area contributed by atoms with Crippen molar-refractivity contribution in [3.63, 3.8) is 0 Å². The van der Waals surface area contributed by atoms with Gasteiger partial charge in [0.2, 0.25) is 0 Å². The van der Waals surface area contributed by atoms with Gasteiger partial charge in [-0.2, -0.15) is 0 Å². The molecule has 0 aliphatic heterocycles. The summed E-state index contributed by atoms with van der Waals surface area (Å²) in [4.78, 5) is 47.8. The molecule has 0 aromatic heterocycles. The number of carbonyl (C=O) groups is 3. The third kappa shape index (κ3) is 9.01. The van der Waals surface area contributed by atoms with Gasteiger partial charge in [-0.15, -0.1) is 0 Å². The predicted octanol–water partition coefficient (Wildman–Crippen LogP) is 3.05. The lowest BCUT2D eigenvalue weighted by Crippen LogP contribution is -2.58. The smallest absolute Gasteiger partial charge is 0.407 e. The molecule has 0 aliphatic carbocycles. The Labute approximate surface area is 188 Å². The molecular weight excluding hydrogens is 418 g/mol. The van der Waals surface area contributed by atoms with Crippen LogP contribution in [0.5, 0.6) is 0 Å². The molecule has 1 atom stereocenters. The summed E-state index contributed by atoms with van der Waals surface area (Å²) >= 11 is 0. The van der Waals surface area contributed by atoms with E-state index in [4.69, 9.17) is 15.2 Å². The number of ether oxygens (including phenoxy) is 2. The fourth-order valence-corrected chi connectivity index (χ4v) is 2.67. The van der Waals surface area contributed by atoms with Crippen LogP contribution < -0.4 is 11.1 Å². The van der Waals surface area contributed by atoms with Crippen LogP contribution in [0, 0.1) is 10.1 Å². The van der Waals surface area contributed by atoms with Crippen molar-refractivity contribution in [3.05, 3.63) is 39.9 Å². The number of hydrogen-bond donors (Lipinski definition) is 2. The summed E-state index contributed by atoms with van der Waals surface area (Å²) in [7, 11) is 0. The van der Waals surface area contributed by atoms with Gasteiger partial charge in [0.15, 0.2) is 11.3 Å². The molecule has 0 fully saturated rings. The number of aryl methyl sites for hydroxylation is 1. The number of nitrogens with two attached hydrogens (primary N) is 1. The molecule has 10 nitrogen and oxygen atoms in total. The summed E-state index contributed by atoms with van der Waals surface area (Å²) in [5.74, 6) is -1.46. The van der Waals surface area contributed by atoms with Crippen LogP contribution >= 0.6 is 0 Å². The highest BCUT2D eigenvalue weighted by atomic mass is 16.6. The fraction of sp³-hybridized carbons (Fsp3) is 0.591. The molecule has 1 aromatic rings. The zero-order chi connectivity index (χ0) is 24.7. The van der Waals surface area contributed by atoms with E-state index in [0.717, 1.165) is 0 Å². The zero-order valence-electron chi connectivity index (χ0n) is 19.5. The Morgan fingerprint density at radius 1 is 1.00 bits per heavy atom. The van der Waals surface area contributed by atoms with Crippen molar-refractivity contribution in [2.45, 2.75) is 77.5 Å². The van der Waals surface area contributed by atoms with Gasteiger partial charge < -0.3 is 20.5 Å². The molecule has 0 aliphatic rings. The second kappa shape index (κ2) is 10.5. The Kier molecular flexibility index (Phi) is 8.90. The molecule has 0 spiro atoms. The molecular formula is C22H33N3O7. The van der Waals surface area contributed by atoms with Crippen LogP contribution in [0.1, 0.15) is 59.9 Å². The first-order chi connectivity index (χ1) is 14.5. The van der Waals surface area contributed by atoms with E-state index in [1.807, 2.05) is 0 Å². The second-order valence-corrected chi connectivity index (χ2v) is 9.50. The van der Waals surface area contributed by atoms with Crippen molar-refractivity contribution < 1.29 is 28.8 Å². The molecule has 1 unspecified atom stereocenters. The summed E-state index contributed by atoms with van der Waals surface area (Å²) in [6, 6.07) is 5.77. The standard InChI is InChI=1S/C22H33N3O7/c1-20(2,3)31-18(27)22(23,13-11-15-7-9-16(10-8-15)25(29)30)17(26)12-14-24-19(28)32-21(4,5)6/h7-10H,11-14,23H2,1-6H3,(H,24,28). The molecule has 0 saturated carbocycles. The molecule has 0 heterocycles. The number of esters is 1. The number of nitrogens with one attached hydrogen (secondary N) is 1. The van der Waals surface area contributed by atoms with Crippen LogP contribution in [-0.4, -0.2) is 46.1 Å². The molecule has 10 heteroatoms. The Bertz CT molecular complexity index is 839. The maximum Gasteiger partial charge on any atom is 0.407 e. The Balaban J connectivity index is 2.90. The minimum absolute atomic E-state index is 0.0625. The van der Waals surface area contributed by atoms with E-state index in [1.165, 1.54) is 12.1 Å². The molecule has 0 radical (unpaired) electrons. The van der Waals surface area contributed by atoms with Gasteiger partial charge >= 0.3 is 12.1 Å². The van der Waals surface area contributed by atoms with Gasteiger partial charge in [0.05, 0.1) is 4.92 Å². The molecule has 1 rings (SSSR count). The molecule has 0 saturated heterocycles. The van der Waals surface area contributed by atoms with Crippen molar-refractivity contribution >= 4 is 23.5 Å². The number of benzene rings is 1. The van der Waals surface area contributed by atoms with Crippen LogP contribution in [0.25, 0.3) is 0 Å². The van der Waals surface area contributed by atoms with Crippen LogP contribution in [-0.2, 0) is 25.5 Å². The molecule has 3 N–H and O–H groups in total. The van der Waals surface area contributed by atoms with Crippen LogP contribution in [0.4, 0.5) is 10.5 Å². The van der Waals surface area contributed by atoms with E-state index >= 15 is 0 Å². The highest BCUT2D eigenvalue weighted by Gasteiger charge is 2.44.